The van der Waals surface area contributed by atoms with Gasteiger partial charge < -0.3 is 95.0 Å². The molecule has 0 spiro atoms. The molecule has 6 aliphatic heterocycles. The average Bonchev–Trinajstić information content (AvgIpc) is 1.52. The summed E-state index contributed by atoms with van der Waals surface area (Å²) in [5.74, 6) is -8.45. The number of phenols is 2. The van der Waals surface area contributed by atoms with Crippen LogP contribution in [0.5, 0.6) is 11.5 Å². The summed E-state index contributed by atoms with van der Waals surface area (Å²) < 4.78 is 38.6. The number of anilines is 1. The molecule has 740 valence electrons. The number of thioether (sulfide) groups is 1. The summed E-state index contributed by atoms with van der Waals surface area (Å²) in [6, 6.07) is 16.3. The Kier molecular flexibility index (Phi) is 33.4. The first kappa shape index (κ1) is 105. The number of imidazole rings is 1. The number of aliphatic hydroxyl groups is 2. The van der Waals surface area contributed by atoms with Gasteiger partial charge in [-0.3, -0.25) is 67.2 Å². The number of carbonyl (C=O) groups excluding carboxylic acids is 9. The van der Waals surface area contributed by atoms with Crippen molar-refractivity contribution in [2.45, 2.75) is 260 Å². The molecule has 0 radical (unpaired) electrons. The van der Waals surface area contributed by atoms with E-state index in [0.29, 0.717) is 104 Å². The molecular formula is C99H133N15O21PS+. The predicted octanol–water partition coefficient (Wildman–Crippen LogP) is 11.5. The molecular weight excluding hydrogens is 1800 g/mol. The van der Waals surface area contributed by atoms with E-state index >= 15 is 0 Å². The molecule has 21 N–H and O–H groups in total. The highest BCUT2D eigenvalue weighted by Gasteiger charge is 2.67. The maximum absolute atomic E-state index is 14.7. The lowest BCUT2D eigenvalue weighted by Gasteiger charge is -2.48. The summed E-state index contributed by atoms with van der Waals surface area (Å²) in [5, 5.41) is 69.5. The second-order valence-corrected chi connectivity index (χ2v) is 41.6. The number of hydrogen-bond acceptors (Lipinski definition) is 24. The number of aryl methyl sites for hydroxylation is 2. The number of aromatic hydroxyl groups is 2. The third-order valence-corrected chi connectivity index (χ3v) is 31.1. The summed E-state index contributed by atoms with van der Waals surface area (Å²) >= 11 is 1.28. The number of ether oxygens (including phenoxy) is 1. The molecule has 8 bridgehead atoms. The average molecular weight is 1930 g/mol. The van der Waals surface area contributed by atoms with Crippen molar-refractivity contribution in [3.8, 4) is 22.6 Å². The van der Waals surface area contributed by atoms with E-state index in [-0.39, 0.29) is 141 Å². The number of rotatable bonds is 47. The van der Waals surface area contributed by atoms with Gasteiger partial charge in [0.25, 0.3) is 0 Å². The Morgan fingerprint density at radius 2 is 1.24 bits per heavy atom. The van der Waals surface area contributed by atoms with Crippen LogP contribution < -0.4 is 55.3 Å². The normalized spacial score (nSPS) is 26.4. The third-order valence-electron chi connectivity index (χ3n) is 29.0. The fourth-order valence-electron chi connectivity index (χ4n) is 21.5. The lowest BCUT2D eigenvalue weighted by molar-refractivity contribution is -0.124. The van der Waals surface area contributed by atoms with Gasteiger partial charge in [0.2, 0.25) is 53.2 Å². The fraction of sp³-hybridized carbons (Fsp3) is 0.545. The van der Waals surface area contributed by atoms with E-state index in [0.717, 1.165) is 68.9 Å². The monoisotopic (exact) mass is 1930 g/mol. The first-order valence-corrected chi connectivity index (χ1v) is 49.8. The zero-order chi connectivity index (χ0) is 99.7. The first-order chi connectivity index (χ1) is 64.7. The number of aromatic carboxylic acids is 1. The van der Waals surface area contributed by atoms with Gasteiger partial charge in [-0.2, -0.15) is 11.8 Å². The van der Waals surface area contributed by atoms with Crippen molar-refractivity contribution in [2.24, 2.45) is 89.0 Å². The minimum Gasteiger partial charge on any atom is -0.508 e. The number of carboxylic acids is 1. The number of phosphoric ester groups is 1. The highest BCUT2D eigenvalue weighted by atomic mass is 32.2. The van der Waals surface area contributed by atoms with Crippen LogP contribution in [0.4, 0.5) is 5.69 Å². The van der Waals surface area contributed by atoms with Gasteiger partial charge in [-0.1, -0.05) is 92.1 Å². The molecule has 12 rings (SSSR count). The van der Waals surface area contributed by atoms with Crippen LogP contribution in [0.15, 0.2) is 127 Å². The fourth-order valence-corrected chi connectivity index (χ4v) is 23.3. The van der Waals surface area contributed by atoms with Crippen molar-refractivity contribution in [1.82, 2.24) is 30.8 Å². The van der Waals surface area contributed by atoms with Crippen LogP contribution in [0.25, 0.3) is 44.1 Å². The number of carbonyl (C=O) groups is 10. The van der Waals surface area contributed by atoms with E-state index in [4.69, 9.17) is 61.8 Å². The van der Waals surface area contributed by atoms with E-state index in [1.165, 1.54) is 55.3 Å². The molecule has 0 saturated carbocycles. The van der Waals surface area contributed by atoms with Gasteiger partial charge >= 0.3 is 25.0 Å². The molecule has 15 atom stereocenters. The van der Waals surface area contributed by atoms with Crippen molar-refractivity contribution in [3.63, 3.8) is 0 Å². The van der Waals surface area contributed by atoms with Crippen molar-refractivity contribution in [2.75, 3.05) is 43.1 Å². The largest absolute Gasteiger partial charge is 0.508 e. The zero-order valence-corrected chi connectivity index (χ0v) is 81.6. The smallest absolute Gasteiger partial charge is 0.472 e. The second kappa shape index (κ2) is 43.8. The van der Waals surface area contributed by atoms with E-state index in [1.54, 1.807) is 28.8 Å². The Bertz CT molecular complexity index is 5870. The molecule has 8 heterocycles. The molecule has 137 heavy (non-hydrogen) atoms. The molecule has 36 nitrogen and oxygen atoms in total. The molecule has 0 aliphatic carbocycles. The number of phosphoric acid groups is 1. The zero-order valence-electron chi connectivity index (χ0n) is 79.9. The van der Waals surface area contributed by atoms with Crippen molar-refractivity contribution < 1.29 is 101 Å². The van der Waals surface area contributed by atoms with Gasteiger partial charge in [-0.25, -0.2) is 18.8 Å². The van der Waals surface area contributed by atoms with Crippen LogP contribution in [0, 0.1) is 59.2 Å². The summed E-state index contributed by atoms with van der Waals surface area (Å²) in [7, 11) is -5.11. The van der Waals surface area contributed by atoms with Crippen LogP contribution in [0.1, 0.15) is 231 Å². The molecule has 4 aromatic carbocycles. The highest BCUT2D eigenvalue weighted by molar-refractivity contribution is 7.99. The molecule has 2 fully saturated rings. The summed E-state index contributed by atoms with van der Waals surface area (Å²) in [5.41, 5.74) is 33.3. The Balaban J connectivity index is 0.676. The van der Waals surface area contributed by atoms with Crippen LogP contribution >= 0.6 is 19.6 Å². The number of nitrogens with two attached hydrogens (primary N) is 5. The van der Waals surface area contributed by atoms with Crippen molar-refractivity contribution in [3.05, 3.63) is 124 Å². The summed E-state index contributed by atoms with van der Waals surface area (Å²) in [4.78, 5) is 168. The van der Waals surface area contributed by atoms with Crippen LogP contribution in [0.2, 0.25) is 0 Å². The van der Waals surface area contributed by atoms with Gasteiger partial charge in [-0.15, -0.1) is 0 Å². The number of unbranched alkanes of at least 4 members (excludes halogenated alkanes) is 9. The molecule has 2 aromatic heterocycles. The van der Waals surface area contributed by atoms with E-state index in [1.807, 2.05) is 87.4 Å². The molecule has 2 saturated heterocycles. The predicted molar refractivity (Wildman–Crippen MR) is 521 cm³/mol. The third kappa shape index (κ3) is 23.5. The number of aromatic nitrogens is 2. The molecule has 6 aromatic rings. The van der Waals surface area contributed by atoms with E-state index < -0.39 is 143 Å². The van der Waals surface area contributed by atoms with Gasteiger partial charge in [0, 0.05) is 162 Å². The number of nitrogens with zero attached hydrogens (tertiary/aromatic N) is 5. The second-order valence-electron chi connectivity index (χ2n) is 39.1. The van der Waals surface area contributed by atoms with Crippen LogP contribution in [-0.4, -0.2) is 190 Å². The minimum atomic E-state index is -5.11. The lowest BCUT2D eigenvalue weighted by atomic mass is 9.56. The van der Waals surface area contributed by atoms with Gasteiger partial charge in [0.1, 0.15) is 29.8 Å². The van der Waals surface area contributed by atoms with Crippen molar-refractivity contribution >= 4 is 135 Å². The van der Waals surface area contributed by atoms with E-state index in [2.05, 4.69) is 31.6 Å². The maximum Gasteiger partial charge on any atom is 0.472 e. The maximum atomic E-state index is 14.7. The van der Waals surface area contributed by atoms with Crippen LogP contribution in [0.3, 0.4) is 0 Å². The van der Waals surface area contributed by atoms with Gasteiger partial charge in [0.15, 0.2) is 6.23 Å². The number of fused-ring (bicyclic) bond motifs is 9. The SMILES string of the molecule is C/C1=C2/NC(C(CC(N)=O)[C@@]2(C)CCC(=O)NCC(C)OP(=O)(O)O[C@@H]2[C@@H](O)[C@@H](n3cnc4cc(C)c(C)cc43)O[C@@H]2CO)C2(C)N=C(/C(C)=C3N=C(/C=C4N=C1[C@@H](CCC(N)=O)C\4(C)C)[C@@H](CCC(N)=O)[C@]\3(C)CC(N)=O)[C@@H](CCC(=O)NCCCCCCCCCCCCNC(=O)CCSCC(=O)Nc1ccc(-c3c4ccc(O)cc4[o+]c4cc(O)ccc34)c(C(=O)O)c1)[C@]2(C)CC(N)=O. The first-order valence-electron chi connectivity index (χ1n) is 47.2. The minimum absolute atomic E-state index is 0.00940. The standard InChI is InChI=1S/C99H132N15O21PS/c1-53-40-70-71(41-54(53)2)114(52-108-70)93-88(127)89(74(50-115)133-93)135-136(130,131)134-55(3)49-107-82(124)34-36-96(8)68(45-78(102)120)92-99(11)98(10,48-80(104)122)67(87(113-99)57(5)91-97(9,47-79(103)121)65(28-31-76(100)118)69(110-91)46-75-95(6,7)66(29-32-77(101)119)86(111-75)56(4)90(96)112-92)30-33-81(123)105-37-20-18-16-14-12-13-15-17-19-21-38-106-83(125)35-39-137-51-84(126)109-58-22-25-61(64(42-58)94(128)129)85-62-26-23-59(116)43-72(62)132-73-44-60(117)24-27-63(73)85/h22-27,40-44,46,52,55,65-68,74,88-89,92-93,115,127H,12-21,28-39,45,47-51H2,1-11H3,(H18-,100,101,102,103,104,105,106,107,109,110,111,112,113,116,117,118,119,120,121,122,123,124,125,126,128,129,130,131)/p+1/t55?,65-,66-,67-,68?,74-,88-,89+,92?,93+,96-,97+,98+,99?/m1/s1. The lowest BCUT2D eigenvalue weighted by Crippen LogP contribution is -2.59. The number of benzene rings is 4. The summed E-state index contributed by atoms with van der Waals surface area (Å²) in [6.45, 7) is 20.3. The highest BCUT2D eigenvalue weighted by Crippen LogP contribution is 2.63. The number of phenolic OH excluding ortho intramolecular Hbond substituents is 2. The molecule has 38 heteroatoms. The summed E-state index contributed by atoms with van der Waals surface area (Å²) in [6.07, 6.45) is 5.10. The van der Waals surface area contributed by atoms with Crippen LogP contribution in [-0.2, 0) is 61.5 Å². The number of allylic oxidation sites excluding steroid dienone is 6. The Morgan fingerprint density at radius 3 is 1.83 bits per heavy atom. The Morgan fingerprint density at radius 1 is 0.657 bits per heavy atom. The molecule has 9 amide bonds. The molecule has 6 aliphatic rings. The Hall–Kier alpha value is -11.3. The number of carboxylic acid groups (broad SMARTS) is 1. The number of aliphatic imine (C=N–C) groups is 3. The van der Waals surface area contributed by atoms with Crippen molar-refractivity contribution in [1.29, 1.82) is 0 Å². The number of hydrogen-bond donors (Lipinski definition) is 16. The Labute approximate surface area is 800 Å². The van der Waals surface area contributed by atoms with Gasteiger partial charge in [0.05, 0.1) is 81.6 Å². The van der Waals surface area contributed by atoms with E-state index in [9.17, 15) is 82.9 Å². The molecule has 5 unspecified atom stereocenters. The quantitative estimate of drug-likeness (QED) is 0.00730. The number of nitrogens with one attached hydrogen (secondary N) is 5. The number of aliphatic hydroxyl groups excluding tert-OH is 2. The number of primary amides is 5. The number of amides is 9. The van der Waals surface area contributed by atoms with Gasteiger partial charge in [-0.05, 0) is 163 Å². The topological polar surface area (TPSA) is 593 Å².